The van der Waals surface area contributed by atoms with Gasteiger partial charge in [0.15, 0.2) is 11.5 Å². The Bertz CT molecular complexity index is 1090. The minimum Gasteiger partial charge on any atom is -0.493 e. The Morgan fingerprint density at radius 3 is 2.21 bits per heavy atom. The van der Waals surface area contributed by atoms with Crippen molar-refractivity contribution < 1.29 is 14.3 Å². The first kappa shape index (κ1) is 25.3. The van der Waals surface area contributed by atoms with Crippen molar-refractivity contribution in [2.75, 3.05) is 25.6 Å². The van der Waals surface area contributed by atoms with E-state index in [1.54, 1.807) is 7.11 Å². The average Bonchev–Trinajstić information content (AvgIpc) is 2.82. The van der Waals surface area contributed by atoms with Crippen LogP contribution in [0.3, 0.4) is 0 Å². The van der Waals surface area contributed by atoms with Crippen molar-refractivity contribution in [2.24, 2.45) is 0 Å². The van der Waals surface area contributed by atoms with Gasteiger partial charge >= 0.3 is 0 Å². The van der Waals surface area contributed by atoms with E-state index in [0.717, 1.165) is 23.2 Å². The molecule has 1 amide bonds. The first-order valence-electron chi connectivity index (χ1n) is 11.8. The maximum atomic E-state index is 13.0. The third-order valence-corrected chi connectivity index (χ3v) is 5.93. The molecule has 0 radical (unpaired) electrons. The van der Waals surface area contributed by atoms with Crippen molar-refractivity contribution >= 4 is 11.6 Å². The zero-order chi connectivity index (χ0) is 24.7. The average molecular weight is 461 g/mol. The minimum absolute atomic E-state index is 0.154. The summed E-state index contributed by atoms with van der Waals surface area (Å²) in [5.41, 5.74) is 4.44. The zero-order valence-corrected chi connectivity index (χ0v) is 21.1. The van der Waals surface area contributed by atoms with Gasteiger partial charge in [-0.1, -0.05) is 42.5 Å². The van der Waals surface area contributed by atoms with Crippen LogP contribution in [0.15, 0.2) is 66.7 Å². The van der Waals surface area contributed by atoms with Crippen LogP contribution in [-0.2, 0) is 0 Å². The standard InChI is InChI=1S/C29H36N2O3/c1-20(2)31(21(3)4)16-17-34-28-19-25(13-15-27(28)33-6)30-29(32)26-14-12-24(18-22(26)5)23-10-8-7-9-11-23/h7-15,18-21H,16-17H2,1-6H3,(H,30,32). The number of benzene rings is 3. The number of methoxy groups -OCH3 is 1. The van der Waals surface area contributed by atoms with Crippen molar-refractivity contribution in [1.82, 2.24) is 4.90 Å². The monoisotopic (exact) mass is 460 g/mol. The van der Waals surface area contributed by atoms with Gasteiger partial charge in [-0.3, -0.25) is 9.69 Å². The quantitative estimate of drug-likeness (QED) is 0.379. The van der Waals surface area contributed by atoms with E-state index in [0.29, 0.717) is 41.4 Å². The topological polar surface area (TPSA) is 50.8 Å². The Balaban J connectivity index is 1.71. The number of aryl methyl sites for hydroxylation is 1. The summed E-state index contributed by atoms with van der Waals surface area (Å²) in [5.74, 6) is 1.10. The first-order chi connectivity index (χ1) is 16.3. The SMILES string of the molecule is COc1ccc(NC(=O)c2ccc(-c3ccccc3)cc2C)cc1OCCN(C(C)C)C(C)C. The highest BCUT2D eigenvalue weighted by atomic mass is 16.5. The molecule has 0 spiro atoms. The third-order valence-electron chi connectivity index (χ3n) is 5.93. The van der Waals surface area contributed by atoms with E-state index in [4.69, 9.17) is 9.47 Å². The Hall–Kier alpha value is -3.31. The number of hydrogen-bond acceptors (Lipinski definition) is 4. The van der Waals surface area contributed by atoms with Gasteiger partial charge in [0.2, 0.25) is 0 Å². The molecule has 3 aromatic carbocycles. The van der Waals surface area contributed by atoms with Crippen molar-refractivity contribution in [3.05, 3.63) is 77.9 Å². The maximum Gasteiger partial charge on any atom is 0.255 e. The lowest BCUT2D eigenvalue weighted by Gasteiger charge is -2.30. The predicted octanol–water partition coefficient (Wildman–Crippen LogP) is 6.42. The molecule has 180 valence electrons. The Labute approximate surface area is 203 Å². The highest BCUT2D eigenvalue weighted by Crippen LogP contribution is 2.31. The van der Waals surface area contributed by atoms with Gasteiger partial charge in [-0.25, -0.2) is 0 Å². The van der Waals surface area contributed by atoms with Crippen LogP contribution in [0.4, 0.5) is 5.69 Å². The van der Waals surface area contributed by atoms with Crippen LogP contribution < -0.4 is 14.8 Å². The van der Waals surface area contributed by atoms with Gasteiger partial charge < -0.3 is 14.8 Å². The Morgan fingerprint density at radius 2 is 1.59 bits per heavy atom. The molecular formula is C29H36N2O3. The first-order valence-corrected chi connectivity index (χ1v) is 11.8. The summed E-state index contributed by atoms with van der Waals surface area (Å²) >= 11 is 0. The van der Waals surface area contributed by atoms with E-state index in [9.17, 15) is 4.79 Å². The van der Waals surface area contributed by atoms with E-state index >= 15 is 0 Å². The molecule has 0 fully saturated rings. The van der Waals surface area contributed by atoms with E-state index < -0.39 is 0 Å². The largest absolute Gasteiger partial charge is 0.493 e. The van der Waals surface area contributed by atoms with Gasteiger partial charge in [0.1, 0.15) is 6.61 Å². The number of ether oxygens (including phenoxy) is 2. The minimum atomic E-state index is -0.154. The molecule has 0 saturated heterocycles. The number of nitrogens with zero attached hydrogens (tertiary/aromatic N) is 1. The number of nitrogens with one attached hydrogen (secondary N) is 1. The molecule has 0 aromatic heterocycles. The van der Waals surface area contributed by atoms with E-state index in [1.165, 1.54) is 0 Å². The second-order valence-electron chi connectivity index (χ2n) is 8.99. The van der Waals surface area contributed by atoms with Gasteiger partial charge in [0, 0.05) is 35.9 Å². The molecule has 34 heavy (non-hydrogen) atoms. The van der Waals surface area contributed by atoms with Crippen molar-refractivity contribution in [3.63, 3.8) is 0 Å². The fourth-order valence-electron chi connectivity index (χ4n) is 4.17. The summed E-state index contributed by atoms with van der Waals surface area (Å²) < 4.78 is 11.5. The van der Waals surface area contributed by atoms with Gasteiger partial charge in [0.25, 0.3) is 5.91 Å². The van der Waals surface area contributed by atoms with Gasteiger partial charge in [0.05, 0.1) is 7.11 Å². The number of rotatable bonds is 10. The summed E-state index contributed by atoms with van der Waals surface area (Å²) in [6.45, 7) is 12.0. The fraction of sp³-hybridized carbons (Fsp3) is 0.345. The van der Waals surface area contributed by atoms with E-state index in [1.807, 2.05) is 61.5 Å². The molecule has 5 nitrogen and oxygen atoms in total. The number of amides is 1. The van der Waals surface area contributed by atoms with Crippen LogP contribution in [0.25, 0.3) is 11.1 Å². The number of carbonyl (C=O) groups is 1. The Kier molecular flexibility index (Phi) is 8.72. The van der Waals surface area contributed by atoms with Crippen molar-refractivity contribution in [3.8, 4) is 22.6 Å². The molecule has 0 heterocycles. The molecule has 0 aliphatic heterocycles. The van der Waals surface area contributed by atoms with Crippen molar-refractivity contribution in [2.45, 2.75) is 46.7 Å². The predicted molar refractivity (Wildman–Crippen MR) is 140 cm³/mol. The lowest BCUT2D eigenvalue weighted by Crippen LogP contribution is -2.39. The summed E-state index contributed by atoms with van der Waals surface area (Å²) in [6.07, 6.45) is 0. The van der Waals surface area contributed by atoms with Crippen LogP contribution in [0.2, 0.25) is 0 Å². The second kappa shape index (κ2) is 11.7. The number of anilines is 1. The van der Waals surface area contributed by atoms with Crippen LogP contribution >= 0.6 is 0 Å². The molecular weight excluding hydrogens is 424 g/mol. The summed E-state index contributed by atoms with van der Waals surface area (Å²) in [6, 6.07) is 22.4. The highest BCUT2D eigenvalue weighted by molar-refractivity contribution is 6.05. The molecule has 3 rings (SSSR count). The number of carbonyl (C=O) groups excluding carboxylic acids is 1. The van der Waals surface area contributed by atoms with Gasteiger partial charge in [-0.2, -0.15) is 0 Å². The molecule has 0 aliphatic rings. The maximum absolute atomic E-state index is 13.0. The summed E-state index contributed by atoms with van der Waals surface area (Å²) in [7, 11) is 1.62. The Morgan fingerprint density at radius 1 is 0.882 bits per heavy atom. The molecule has 0 bridgehead atoms. The van der Waals surface area contributed by atoms with Crippen LogP contribution in [0, 0.1) is 6.92 Å². The lowest BCUT2D eigenvalue weighted by atomic mass is 9.99. The molecule has 0 unspecified atom stereocenters. The number of hydrogen-bond donors (Lipinski definition) is 1. The van der Waals surface area contributed by atoms with Gasteiger partial charge in [-0.15, -0.1) is 0 Å². The van der Waals surface area contributed by atoms with Crippen LogP contribution in [0.5, 0.6) is 11.5 Å². The molecule has 3 aromatic rings. The summed E-state index contributed by atoms with van der Waals surface area (Å²) in [4.78, 5) is 15.4. The zero-order valence-electron chi connectivity index (χ0n) is 21.1. The van der Waals surface area contributed by atoms with Crippen LogP contribution in [-0.4, -0.2) is 43.2 Å². The molecule has 5 heteroatoms. The van der Waals surface area contributed by atoms with E-state index in [-0.39, 0.29) is 5.91 Å². The van der Waals surface area contributed by atoms with Crippen molar-refractivity contribution in [1.29, 1.82) is 0 Å². The second-order valence-corrected chi connectivity index (χ2v) is 8.99. The fourth-order valence-corrected chi connectivity index (χ4v) is 4.17. The van der Waals surface area contributed by atoms with Crippen LogP contribution in [0.1, 0.15) is 43.6 Å². The highest BCUT2D eigenvalue weighted by Gasteiger charge is 2.15. The summed E-state index contributed by atoms with van der Waals surface area (Å²) in [5, 5.41) is 3.00. The molecule has 0 aliphatic carbocycles. The molecule has 0 atom stereocenters. The molecule has 1 N–H and O–H groups in total. The third kappa shape index (κ3) is 6.39. The molecule has 0 saturated carbocycles. The van der Waals surface area contributed by atoms with E-state index in [2.05, 4.69) is 50.0 Å². The van der Waals surface area contributed by atoms with Gasteiger partial charge in [-0.05, 0) is 69.5 Å². The normalized spacial score (nSPS) is 11.2. The lowest BCUT2D eigenvalue weighted by molar-refractivity contribution is 0.102. The smallest absolute Gasteiger partial charge is 0.255 e.